The number of pyridine rings is 1. The van der Waals surface area contributed by atoms with E-state index in [0.29, 0.717) is 6.04 Å². The minimum absolute atomic E-state index is 0.221. The molecule has 1 saturated carbocycles. The van der Waals surface area contributed by atoms with Gasteiger partial charge in [-0.15, -0.1) is 0 Å². The number of aromatic nitrogens is 5. The summed E-state index contributed by atoms with van der Waals surface area (Å²) in [4.78, 5) is 9.64. The van der Waals surface area contributed by atoms with Crippen LogP contribution in [0.5, 0.6) is 5.75 Å². The molecule has 1 aromatic carbocycles. The maximum Gasteiger partial charge on any atom is 0.157 e. The predicted octanol–water partition coefficient (Wildman–Crippen LogP) is 4.57. The first-order valence-electron chi connectivity index (χ1n) is 14.3. The molecule has 0 unspecified atom stereocenters. The lowest BCUT2D eigenvalue weighted by atomic mass is 9.93. The Bertz CT molecular complexity index is 1380. The van der Waals surface area contributed by atoms with Gasteiger partial charge in [-0.1, -0.05) is 24.3 Å². The molecule has 4 aromatic rings. The van der Waals surface area contributed by atoms with Gasteiger partial charge in [-0.2, -0.15) is 10.2 Å². The Morgan fingerprint density at radius 1 is 0.974 bits per heavy atom. The molecule has 1 aliphatic carbocycles. The Morgan fingerprint density at radius 3 is 2.44 bits per heavy atom. The van der Waals surface area contributed by atoms with E-state index < -0.39 is 0 Å². The van der Waals surface area contributed by atoms with E-state index in [2.05, 4.69) is 69.2 Å². The molecule has 6 rings (SSSR count). The van der Waals surface area contributed by atoms with Crippen LogP contribution in [-0.2, 0) is 13.6 Å². The van der Waals surface area contributed by atoms with E-state index in [9.17, 15) is 0 Å². The molecular weight excluding hydrogens is 488 g/mol. The highest BCUT2D eigenvalue weighted by Gasteiger charge is 2.27. The van der Waals surface area contributed by atoms with E-state index in [4.69, 9.17) is 14.8 Å². The first kappa shape index (κ1) is 25.8. The summed E-state index contributed by atoms with van der Waals surface area (Å²) in [5.74, 6) is 1.75. The van der Waals surface area contributed by atoms with Crippen molar-refractivity contribution >= 4 is 16.7 Å². The van der Waals surface area contributed by atoms with Crippen molar-refractivity contribution in [2.24, 2.45) is 7.05 Å². The van der Waals surface area contributed by atoms with Gasteiger partial charge in [0.25, 0.3) is 0 Å². The molecule has 4 heterocycles. The fourth-order valence-corrected chi connectivity index (χ4v) is 5.89. The molecule has 9 heteroatoms. The van der Waals surface area contributed by atoms with Crippen molar-refractivity contribution < 1.29 is 4.74 Å². The molecule has 0 bridgehead atoms. The minimum atomic E-state index is 0.221. The Morgan fingerprint density at radius 2 is 1.74 bits per heavy atom. The van der Waals surface area contributed by atoms with Gasteiger partial charge in [0, 0.05) is 69.5 Å². The number of nitrogens with one attached hydrogen (secondary N) is 1. The standard InChI is InChI=1S/C30H40N8O/c1-4-31-29-17-28-27(19-32-29)30(23-7-5-22(6-8-23)20-37-15-13-35(2)14-16-37)34-38(28)24-9-11-25(12-10-24)39-26-18-33-36(3)21-26/h5-8,17-19,21,24-25H,4,9-16,20H2,1-3H3,(H,31,32). The molecule has 39 heavy (non-hydrogen) atoms. The Balaban J connectivity index is 1.22. The van der Waals surface area contributed by atoms with Crippen molar-refractivity contribution in [3.8, 4) is 17.0 Å². The molecular formula is C30H40N8O. The average Bonchev–Trinajstić information content (AvgIpc) is 3.54. The highest BCUT2D eigenvalue weighted by atomic mass is 16.5. The topological polar surface area (TPSA) is 76.3 Å². The minimum Gasteiger partial charge on any atom is -0.487 e. The molecule has 0 atom stereocenters. The van der Waals surface area contributed by atoms with Crippen LogP contribution < -0.4 is 10.1 Å². The molecule has 2 aliphatic rings. The van der Waals surface area contributed by atoms with Crippen molar-refractivity contribution in [2.75, 3.05) is 45.1 Å². The van der Waals surface area contributed by atoms with Gasteiger partial charge in [0.1, 0.15) is 11.5 Å². The largest absolute Gasteiger partial charge is 0.487 e. The lowest BCUT2D eigenvalue weighted by molar-refractivity contribution is 0.131. The summed E-state index contributed by atoms with van der Waals surface area (Å²) in [7, 11) is 4.12. The molecule has 0 amide bonds. The van der Waals surface area contributed by atoms with Gasteiger partial charge in [0.05, 0.1) is 30.1 Å². The number of anilines is 1. The van der Waals surface area contributed by atoms with Crippen LogP contribution in [0.2, 0.25) is 0 Å². The molecule has 2 fully saturated rings. The lowest BCUT2D eigenvalue weighted by Gasteiger charge is -2.32. The zero-order chi connectivity index (χ0) is 26.8. The summed E-state index contributed by atoms with van der Waals surface area (Å²) in [6.45, 7) is 8.47. The second-order valence-electron chi connectivity index (χ2n) is 11.1. The molecule has 206 valence electrons. The molecule has 0 radical (unpaired) electrons. The van der Waals surface area contributed by atoms with E-state index in [0.717, 1.165) is 98.7 Å². The summed E-state index contributed by atoms with van der Waals surface area (Å²) in [6, 6.07) is 11.5. The highest BCUT2D eigenvalue weighted by Crippen LogP contribution is 2.36. The molecule has 1 saturated heterocycles. The van der Waals surface area contributed by atoms with Crippen LogP contribution in [-0.4, -0.2) is 80.2 Å². The van der Waals surface area contributed by atoms with Gasteiger partial charge in [-0.3, -0.25) is 14.3 Å². The number of rotatable bonds is 8. The fraction of sp³-hybridized carbons (Fsp3) is 0.500. The van der Waals surface area contributed by atoms with Crippen molar-refractivity contribution in [2.45, 2.75) is 51.3 Å². The molecule has 3 aromatic heterocycles. The third kappa shape index (κ3) is 5.79. The van der Waals surface area contributed by atoms with Crippen LogP contribution in [0.15, 0.2) is 48.9 Å². The first-order valence-corrected chi connectivity index (χ1v) is 14.3. The van der Waals surface area contributed by atoms with Crippen LogP contribution in [0.25, 0.3) is 22.2 Å². The van der Waals surface area contributed by atoms with Gasteiger partial charge in [-0.05, 0) is 45.2 Å². The van der Waals surface area contributed by atoms with E-state index in [-0.39, 0.29) is 6.10 Å². The zero-order valence-electron chi connectivity index (χ0n) is 23.4. The van der Waals surface area contributed by atoms with Crippen LogP contribution in [0.1, 0.15) is 44.2 Å². The summed E-state index contributed by atoms with van der Waals surface area (Å²) in [5.41, 5.74) is 4.66. The van der Waals surface area contributed by atoms with E-state index in [1.807, 2.05) is 19.4 Å². The average molecular weight is 529 g/mol. The number of ether oxygens (including phenoxy) is 1. The maximum absolute atomic E-state index is 6.21. The summed E-state index contributed by atoms with van der Waals surface area (Å²) >= 11 is 0. The quantitative estimate of drug-likeness (QED) is 0.359. The Labute approximate surface area is 230 Å². The Kier molecular flexibility index (Phi) is 7.52. The number of benzene rings is 1. The molecule has 1 aliphatic heterocycles. The van der Waals surface area contributed by atoms with E-state index in [1.165, 1.54) is 5.56 Å². The monoisotopic (exact) mass is 528 g/mol. The van der Waals surface area contributed by atoms with Crippen LogP contribution in [0.4, 0.5) is 5.82 Å². The second-order valence-corrected chi connectivity index (χ2v) is 11.1. The fourth-order valence-electron chi connectivity index (χ4n) is 5.89. The highest BCUT2D eigenvalue weighted by molar-refractivity contribution is 5.94. The van der Waals surface area contributed by atoms with Crippen molar-refractivity contribution in [3.63, 3.8) is 0 Å². The van der Waals surface area contributed by atoms with Crippen molar-refractivity contribution in [3.05, 3.63) is 54.5 Å². The smallest absolute Gasteiger partial charge is 0.157 e. The number of hydrogen-bond acceptors (Lipinski definition) is 7. The summed E-state index contributed by atoms with van der Waals surface area (Å²) < 4.78 is 10.2. The van der Waals surface area contributed by atoms with Gasteiger partial charge < -0.3 is 15.0 Å². The van der Waals surface area contributed by atoms with Crippen LogP contribution in [0.3, 0.4) is 0 Å². The number of nitrogens with zero attached hydrogens (tertiary/aromatic N) is 7. The van der Waals surface area contributed by atoms with Crippen LogP contribution in [0, 0.1) is 0 Å². The third-order valence-electron chi connectivity index (χ3n) is 8.15. The summed E-state index contributed by atoms with van der Waals surface area (Å²) in [6.07, 6.45) is 10.0. The van der Waals surface area contributed by atoms with E-state index >= 15 is 0 Å². The molecule has 9 nitrogen and oxygen atoms in total. The number of likely N-dealkylation sites (N-methyl/N-ethyl adjacent to an activating group) is 1. The lowest BCUT2D eigenvalue weighted by Crippen LogP contribution is -2.43. The zero-order valence-corrected chi connectivity index (χ0v) is 23.4. The number of aryl methyl sites for hydroxylation is 1. The van der Waals surface area contributed by atoms with Crippen molar-refractivity contribution in [1.82, 2.24) is 34.3 Å². The first-order chi connectivity index (χ1) is 19.1. The second kappa shape index (κ2) is 11.4. The third-order valence-corrected chi connectivity index (χ3v) is 8.15. The van der Waals surface area contributed by atoms with Crippen LogP contribution >= 0.6 is 0 Å². The van der Waals surface area contributed by atoms with Gasteiger partial charge in [0.2, 0.25) is 0 Å². The molecule has 0 spiro atoms. The van der Waals surface area contributed by atoms with E-state index in [1.54, 1.807) is 10.9 Å². The Hall–Kier alpha value is -3.43. The summed E-state index contributed by atoms with van der Waals surface area (Å²) in [5, 5.41) is 13.9. The predicted molar refractivity (Wildman–Crippen MR) is 155 cm³/mol. The maximum atomic E-state index is 6.21. The van der Waals surface area contributed by atoms with Gasteiger partial charge >= 0.3 is 0 Å². The molecule has 1 N–H and O–H groups in total. The number of fused-ring (bicyclic) bond motifs is 1. The van der Waals surface area contributed by atoms with Gasteiger partial charge in [0.15, 0.2) is 5.75 Å². The van der Waals surface area contributed by atoms with Crippen molar-refractivity contribution in [1.29, 1.82) is 0 Å². The number of hydrogen-bond donors (Lipinski definition) is 1. The normalized spacial score (nSPS) is 20.9. The van der Waals surface area contributed by atoms with Gasteiger partial charge in [-0.25, -0.2) is 4.98 Å². The SMILES string of the molecule is CCNc1cc2c(cn1)c(-c1ccc(CN3CCN(C)CC3)cc1)nn2C1CCC(Oc2cnn(C)c2)CC1. The number of piperazine rings is 1.